The second-order valence-corrected chi connectivity index (χ2v) is 6.11. The van der Waals surface area contributed by atoms with Crippen molar-refractivity contribution in [3.05, 3.63) is 0 Å². The Morgan fingerprint density at radius 1 is 0.800 bits per heavy atom. The molecule has 0 heterocycles. The van der Waals surface area contributed by atoms with E-state index in [1.165, 1.54) is 0 Å². The van der Waals surface area contributed by atoms with Crippen LogP contribution in [0.5, 0.6) is 0 Å². The van der Waals surface area contributed by atoms with Gasteiger partial charge in [0.15, 0.2) is 0 Å². The molecule has 0 aromatic heterocycles. The fourth-order valence-electron chi connectivity index (χ4n) is 2.46. The van der Waals surface area contributed by atoms with Gasteiger partial charge in [-0.1, -0.05) is 32.1 Å². The number of nitrogens with two attached hydrogens (primary N) is 1. The molecule has 5 N–H and O–H groups in total. The third-order valence-corrected chi connectivity index (χ3v) is 3.87. The fourth-order valence-corrected chi connectivity index (χ4v) is 2.46. The Hall–Kier alpha value is 0.00636. The number of hydrogen-bond acceptors (Lipinski definition) is 4. The summed E-state index contributed by atoms with van der Waals surface area (Å²) >= 11 is 0. The van der Waals surface area contributed by atoms with Gasteiger partial charge in [-0.2, -0.15) is 0 Å². The van der Waals surface area contributed by atoms with E-state index in [4.69, 9.17) is 15.9 Å². The van der Waals surface area contributed by atoms with Crippen molar-refractivity contribution in [1.29, 1.82) is 0 Å². The number of aliphatic carboxylic acids is 2. The van der Waals surface area contributed by atoms with E-state index in [2.05, 4.69) is 5.32 Å². The standard InChI is InChI=1S/C17H32N2O5.K.H/c18-13-9-8-10-14(17(23)24)19-15(20)11-6-4-2-1-3-5-7-12-16(21)22;;/h14H,1-13,18H2,(H,19,20)(H,21,22)(H,23,24);;/t14-;;/m0../s1. The van der Waals surface area contributed by atoms with E-state index in [9.17, 15) is 14.4 Å². The Bertz CT molecular complexity index is 380. The predicted octanol–water partition coefficient (Wildman–Crippen LogP) is 1.63. The van der Waals surface area contributed by atoms with Crippen LogP contribution in [0.4, 0.5) is 0 Å². The minimum absolute atomic E-state index is 0. The van der Waals surface area contributed by atoms with Crippen LogP contribution in [0.1, 0.15) is 77.0 Å². The Kier molecular flexibility index (Phi) is 20.5. The van der Waals surface area contributed by atoms with Crippen LogP contribution < -0.4 is 11.1 Å². The van der Waals surface area contributed by atoms with Gasteiger partial charge in [0, 0.05) is 12.8 Å². The van der Waals surface area contributed by atoms with E-state index in [0.717, 1.165) is 51.4 Å². The molecule has 25 heavy (non-hydrogen) atoms. The molecule has 0 aliphatic heterocycles. The van der Waals surface area contributed by atoms with E-state index in [1.54, 1.807) is 0 Å². The Morgan fingerprint density at radius 3 is 1.80 bits per heavy atom. The molecule has 1 amide bonds. The van der Waals surface area contributed by atoms with Gasteiger partial charge in [-0.25, -0.2) is 4.79 Å². The number of rotatable bonds is 16. The van der Waals surface area contributed by atoms with Gasteiger partial charge in [0.1, 0.15) is 6.04 Å². The van der Waals surface area contributed by atoms with Crippen LogP contribution in [0.25, 0.3) is 0 Å². The molecule has 8 heteroatoms. The molecule has 0 spiro atoms. The van der Waals surface area contributed by atoms with Crippen LogP contribution in [0, 0.1) is 0 Å². The number of carboxylic acid groups (broad SMARTS) is 2. The molecular weight excluding hydrogens is 351 g/mol. The van der Waals surface area contributed by atoms with Gasteiger partial charge < -0.3 is 21.3 Å². The van der Waals surface area contributed by atoms with Crippen molar-refractivity contribution in [2.75, 3.05) is 6.54 Å². The quantitative estimate of drug-likeness (QED) is 0.236. The Balaban J connectivity index is 0. The first-order valence-electron chi connectivity index (χ1n) is 8.91. The van der Waals surface area contributed by atoms with E-state index >= 15 is 0 Å². The second kappa shape index (κ2) is 18.8. The number of carboxylic acids is 2. The number of amides is 1. The summed E-state index contributed by atoms with van der Waals surface area (Å²) in [6.45, 7) is 0.524. The molecule has 0 bridgehead atoms. The second-order valence-electron chi connectivity index (χ2n) is 6.11. The molecule has 142 valence electrons. The molecule has 0 rings (SSSR count). The van der Waals surface area contributed by atoms with Crippen LogP contribution in [0.3, 0.4) is 0 Å². The average molecular weight is 385 g/mol. The molecular formula is C17H33KN2O5. The van der Waals surface area contributed by atoms with Crippen LogP contribution in [0.15, 0.2) is 0 Å². The SMILES string of the molecule is NCCCC[C@H](NC(=O)CCCCCCCCCC(=O)O)C(=O)O.[KH]. The van der Waals surface area contributed by atoms with Crippen molar-refractivity contribution >= 4 is 69.2 Å². The zero-order valence-corrected chi connectivity index (χ0v) is 14.5. The fraction of sp³-hybridized carbons (Fsp3) is 0.824. The zero-order chi connectivity index (χ0) is 18.2. The van der Waals surface area contributed by atoms with E-state index in [0.29, 0.717) is 25.8 Å². The summed E-state index contributed by atoms with van der Waals surface area (Å²) in [5, 5.41) is 20.2. The van der Waals surface area contributed by atoms with Crippen molar-refractivity contribution in [3.8, 4) is 0 Å². The molecule has 0 saturated carbocycles. The summed E-state index contributed by atoms with van der Waals surface area (Å²) in [6, 6.07) is -0.821. The van der Waals surface area contributed by atoms with Gasteiger partial charge in [0.25, 0.3) is 0 Å². The third kappa shape index (κ3) is 18.6. The molecule has 1 atom stereocenters. The number of nitrogens with one attached hydrogen (secondary N) is 1. The predicted molar refractivity (Wildman–Crippen MR) is 98.8 cm³/mol. The molecule has 0 aliphatic rings. The maximum atomic E-state index is 11.8. The summed E-state index contributed by atoms with van der Waals surface area (Å²) in [5.74, 6) is -1.96. The third-order valence-electron chi connectivity index (χ3n) is 3.87. The van der Waals surface area contributed by atoms with Gasteiger partial charge in [-0.3, -0.25) is 9.59 Å². The molecule has 0 fully saturated rings. The summed E-state index contributed by atoms with van der Waals surface area (Å²) in [4.78, 5) is 33.2. The monoisotopic (exact) mass is 384 g/mol. The maximum absolute atomic E-state index is 11.8. The Morgan fingerprint density at radius 2 is 1.32 bits per heavy atom. The molecule has 0 aromatic carbocycles. The number of unbranched alkanes of at least 4 members (excludes halogenated alkanes) is 7. The first-order valence-corrected chi connectivity index (χ1v) is 8.91. The average Bonchev–Trinajstić information content (AvgIpc) is 2.52. The number of carbonyl (C=O) groups is 3. The van der Waals surface area contributed by atoms with Crippen molar-refractivity contribution in [1.82, 2.24) is 5.32 Å². The molecule has 0 aliphatic carbocycles. The topological polar surface area (TPSA) is 130 Å². The van der Waals surface area contributed by atoms with Gasteiger partial charge in [-0.05, 0) is 38.6 Å². The summed E-state index contributed by atoms with van der Waals surface area (Å²) < 4.78 is 0. The minimum atomic E-state index is -0.998. The molecule has 0 aromatic rings. The van der Waals surface area contributed by atoms with Gasteiger partial charge in [0.2, 0.25) is 5.91 Å². The first kappa shape index (κ1) is 27.2. The molecule has 0 radical (unpaired) electrons. The van der Waals surface area contributed by atoms with Gasteiger partial charge in [-0.15, -0.1) is 0 Å². The molecule has 7 nitrogen and oxygen atoms in total. The normalized spacial score (nSPS) is 11.4. The number of carbonyl (C=O) groups excluding carboxylic acids is 1. The van der Waals surface area contributed by atoms with E-state index < -0.39 is 18.0 Å². The summed E-state index contributed by atoms with van der Waals surface area (Å²) in [5.41, 5.74) is 5.38. The van der Waals surface area contributed by atoms with Crippen LogP contribution >= 0.6 is 0 Å². The van der Waals surface area contributed by atoms with Gasteiger partial charge in [0.05, 0.1) is 0 Å². The Labute approximate surface area is 192 Å². The molecule has 0 saturated heterocycles. The summed E-state index contributed by atoms with van der Waals surface area (Å²) in [7, 11) is 0. The van der Waals surface area contributed by atoms with Crippen molar-refractivity contribution in [3.63, 3.8) is 0 Å². The van der Waals surface area contributed by atoms with Crippen molar-refractivity contribution in [2.45, 2.75) is 83.1 Å². The zero-order valence-electron chi connectivity index (χ0n) is 14.5. The van der Waals surface area contributed by atoms with Crippen molar-refractivity contribution < 1.29 is 24.6 Å². The van der Waals surface area contributed by atoms with Crippen LogP contribution in [0.2, 0.25) is 0 Å². The van der Waals surface area contributed by atoms with E-state index in [-0.39, 0.29) is 63.7 Å². The van der Waals surface area contributed by atoms with Crippen molar-refractivity contribution in [2.24, 2.45) is 5.73 Å². The van der Waals surface area contributed by atoms with Gasteiger partial charge >= 0.3 is 63.3 Å². The number of hydrogen-bond donors (Lipinski definition) is 4. The summed E-state index contributed by atoms with van der Waals surface area (Å²) in [6.07, 6.45) is 8.83. The van der Waals surface area contributed by atoms with E-state index in [1.807, 2.05) is 0 Å². The molecule has 0 unspecified atom stereocenters. The van der Waals surface area contributed by atoms with Crippen LogP contribution in [-0.2, 0) is 14.4 Å². The van der Waals surface area contributed by atoms with Crippen LogP contribution in [-0.4, -0.2) is 92.0 Å². The first-order chi connectivity index (χ1) is 11.5.